The van der Waals surface area contributed by atoms with Crippen LogP contribution in [0.5, 0.6) is 0 Å². The Balaban J connectivity index is 1.95. The number of nitrogens with zero attached hydrogens (tertiary/aromatic N) is 2. The second-order valence-corrected chi connectivity index (χ2v) is 5.54. The third kappa shape index (κ3) is 2.23. The van der Waals surface area contributed by atoms with Crippen molar-refractivity contribution in [2.24, 2.45) is 0 Å². The standard InChI is InChI=1S/C15H19N3O/c1-9-6-13-14(7-10(9)2)18(8-16-13)11(3)15(19)17-12-4-5-12/h6-8,11-12H,4-5H2,1-3H3,(H,17,19). The highest BCUT2D eigenvalue weighted by molar-refractivity contribution is 5.84. The quantitative estimate of drug-likeness (QED) is 0.918. The molecule has 0 saturated heterocycles. The lowest BCUT2D eigenvalue weighted by Gasteiger charge is -2.14. The lowest BCUT2D eigenvalue weighted by Crippen LogP contribution is -2.32. The van der Waals surface area contributed by atoms with Crippen molar-refractivity contribution < 1.29 is 4.79 Å². The molecular formula is C15H19N3O. The number of hydrogen-bond donors (Lipinski definition) is 1. The van der Waals surface area contributed by atoms with E-state index in [2.05, 4.69) is 36.3 Å². The van der Waals surface area contributed by atoms with Gasteiger partial charge >= 0.3 is 0 Å². The van der Waals surface area contributed by atoms with Crippen molar-refractivity contribution in [2.45, 2.75) is 45.7 Å². The van der Waals surface area contributed by atoms with E-state index in [0.29, 0.717) is 6.04 Å². The fourth-order valence-corrected chi connectivity index (χ4v) is 2.27. The number of hydrogen-bond acceptors (Lipinski definition) is 2. The Morgan fingerprint density at radius 2 is 2.05 bits per heavy atom. The van der Waals surface area contributed by atoms with Gasteiger partial charge in [0.2, 0.25) is 5.91 Å². The van der Waals surface area contributed by atoms with Gasteiger partial charge in [-0.05, 0) is 56.9 Å². The summed E-state index contributed by atoms with van der Waals surface area (Å²) in [5, 5.41) is 3.05. The van der Waals surface area contributed by atoms with Crippen molar-refractivity contribution in [3.63, 3.8) is 0 Å². The Morgan fingerprint density at radius 1 is 1.37 bits per heavy atom. The minimum atomic E-state index is -0.215. The molecule has 2 aromatic rings. The zero-order chi connectivity index (χ0) is 13.6. The molecule has 1 heterocycles. The smallest absolute Gasteiger partial charge is 0.243 e. The first-order chi connectivity index (χ1) is 9.06. The van der Waals surface area contributed by atoms with E-state index in [0.717, 1.165) is 23.9 Å². The van der Waals surface area contributed by atoms with Crippen LogP contribution in [0.1, 0.15) is 36.9 Å². The van der Waals surface area contributed by atoms with E-state index in [9.17, 15) is 4.79 Å². The molecule has 1 aliphatic rings. The van der Waals surface area contributed by atoms with Crippen LogP contribution in [-0.4, -0.2) is 21.5 Å². The van der Waals surface area contributed by atoms with Crippen molar-refractivity contribution in [3.8, 4) is 0 Å². The molecule has 4 heteroatoms. The molecule has 0 radical (unpaired) electrons. The van der Waals surface area contributed by atoms with Crippen LogP contribution < -0.4 is 5.32 Å². The van der Waals surface area contributed by atoms with E-state index >= 15 is 0 Å². The first-order valence-corrected chi connectivity index (χ1v) is 6.80. The molecule has 0 bridgehead atoms. The molecule has 19 heavy (non-hydrogen) atoms. The van der Waals surface area contributed by atoms with Crippen LogP contribution in [0.3, 0.4) is 0 Å². The molecule has 1 saturated carbocycles. The minimum Gasteiger partial charge on any atom is -0.352 e. The van der Waals surface area contributed by atoms with Gasteiger partial charge in [0.1, 0.15) is 6.04 Å². The van der Waals surface area contributed by atoms with Crippen LogP contribution in [0.4, 0.5) is 0 Å². The van der Waals surface area contributed by atoms with Crippen LogP contribution in [0, 0.1) is 13.8 Å². The first-order valence-electron chi connectivity index (χ1n) is 6.80. The summed E-state index contributed by atoms with van der Waals surface area (Å²) in [4.78, 5) is 16.5. The fourth-order valence-electron chi connectivity index (χ4n) is 2.27. The van der Waals surface area contributed by atoms with Crippen LogP contribution in [0.2, 0.25) is 0 Å². The van der Waals surface area contributed by atoms with Gasteiger partial charge in [0.05, 0.1) is 17.4 Å². The summed E-state index contributed by atoms with van der Waals surface area (Å²) in [6.45, 7) is 6.09. The van der Waals surface area contributed by atoms with Gasteiger partial charge in [-0.2, -0.15) is 0 Å². The minimum absolute atomic E-state index is 0.0834. The molecule has 0 aliphatic heterocycles. The van der Waals surface area contributed by atoms with Gasteiger partial charge in [-0.3, -0.25) is 4.79 Å². The zero-order valence-electron chi connectivity index (χ0n) is 11.6. The lowest BCUT2D eigenvalue weighted by molar-refractivity contribution is -0.123. The van der Waals surface area contributed by atoms with Crippen molar-refractivity contribution >= 4 is 16.9 Å². The van der Waals surface area contributed by atoms with Gasteiger partial charge in [-0.15, -0.1) is 0 Å². The number of imidazole rings is 1. The summed E-state index contributed by atoms with van der Waals surface area (Å²) in [6.07, 6.45) is 3.99. The molecule has 1 amide bonds. The van der Waals surface area contributed by atoms with Gasteiger partial charge in [0.25, 0.3) is 0 Å². The van der Waals surface area contributed by atoms with Crippen LogP contribution in [0.25, 0.3) is 11.0 Å². The maximum Gasteiger partial charge on any atom is 0.243 e. The average molecular weight is 257 g/mol. The Hall–Kier alpha value is -1.84. The molecule has 1 atom stereocenters. The maximum atomic E-state index is 12.1. The molecule has 0 spiro atoms. The summed E-state index contributed by atoms with van der Waals surface area (Å²) in [5.74, 6) is 0.0834. The third-order valence-corrected chi connectivity index (χ3v) is 3.91. The van der Waals surface area contributed by atoms with Gasteiger partial charge in [-0.1, -0.05) is 0 Å². The van der Waals surface area contributed by atoms with Gasteiger partial charge in [0.15, 0.2) is 0 Å². The molecule has 1 aromatic heterocycles. The second-order valence-electron chi connectivity index (χ2n) is 5.54. The van der Waals surface area contributed by atoms with Crippen LogP contribution >= 0.6 is 0 Å². The summed E-state index contributed by atoms with van der Waals surface area (Å²) in [6, 6.07) is 4.37. The van der Waals surface area contributed by atoms with E-state index in [1.54, 1.807) is 6.33 Å². The van der Waals surface area contributed by atoms with E-state index in [1.807, 2.05) is 11.5 Å². The molecule has 1 fully saturated rings. The Labute approximate surface area is 112 Å². The number of rotatable bonds is 3. The number of carbonyl (C=O) groups excluding carboxylic acids is 1. The summed E-state index contributed by atoms with van der Waals surface area (Å²) < 4.78 is 1.96. The predicted molar refractivity (Wildman–Crippen MR) is 75.1 cm³/mol. The van der Waals surface area contributed by atoms with E-state index < -0.39 is 0 Å². The highest BCUT2D eigenvalue weighted by Crippen LogP contribution is 2.23. The Bertz CT molecular complexity index is 640. The summed E-state index contributed by atoms with van der Waals surface area (Å²) in [7, 11) is 0. The fraction of sp³-hybridized carbons (Fsp3) is 0.467. The average Bonchev–Trinajstić information content (AvgIpc) is 3.09. The number of nitrogens with one attached hydrogen (secondary N) is 1. The molecule has 1 aromatic carbocycles. The molecule has 3 rings (SSSR count). The normalized spacial score (nSPS) is 16.6. The number of fused-ring (bicyclic) bond motifs is 1. The second kappa shape index (κ2) is 4.37. The summed E-state index contributed by atoms with van der Waals surface area (Å²) in [5.41, 5.74) is 4.44. The van der Waals surface area contributed by atoms with Crippen molar-refractivity contribution in [1.82, 2.24) is 14.9 Å². The van der Waals surface area contributed by atoms with Crippen molar-refractivity contribution in [2.75, 3.05) is 0 Å². The highest BCUT2D eigenvalue weighted by Gasteiger charge is 2.26. The highest BCUT2D eigenvalue weighted by atomic mass is 16.2. The molecule has 4 nitrogen and oxygen atoms in total. The third-order valence-electron chi connectivity index (χ3n) is 3.91. The van der Waals surface area contributed by atoms with E-state index in [4.69, 9.17) is 0 Å². The number of aromatic nitrogens is 2. The van der Waals surface area contributed by atoms with Gasteiger partial charge in [-0.25, -0.2) is 4.98 Å². The number of aryl methyl sites for hydroxylation is 2. The topological polar surface area (TPSA) is 46.9 Å². The Morgan fingerprint density at radius 3 is 2.74 bits per heavy atom. The molecule has 1 unspecified atom stereocenters. The SMILES string of the molecule is Cc1cc2ncn(C(C)C(=O)NC3CC3)c2cc1C. The molecule has 1 N–H and O–H groups in total. The Kier molecular flexibility index (Phi) is 2.81. The zero-order valence-corrected chi connectivity index (χ0v) is 11.6. The number of benzene rings is 1. The molecular weight excluding hydrogens is 238 g/mol. The van der Waals surface area contributed by atoms with E-state index in [-0.39, 0.29) is 11.9 Å². The van der Waals surface area contributed by atoms with Crippen molar-refractivity contribution in [1.29, 1.82) is 0 Å². The molecule has 100 valence electrons. The maximum absolute atomic E-state index is 12.1. The van der Waals surface area contributed by atoms with Gasteiger partial charge in [0, 0.05) is 6.04 Å². The number of carbonyl (C=O) groups is 1. The molecule has 1 aliphatic carbocycles. The van der Waals surface area contributed by atoms with Gasteiger partial charge < -0.3 is 9.88 Å². The largest absolute Gasteiger partial charge is 0.352 e. The summed E-state index contributed by atoms with van der Waals surface area (Å²) >= 11 is 0. The lowest BCUT2D eigenvalue weighted by atomic mass is 10.1. The predicted octanol–water partition coefficient (Wildman–Crippen LogP) is 2.49. The van der Waals surface area contributed by atoms with Crippen molar-refractivity contribution in [3.05, 3.63) is 29.6 Å². The van der Waals surface area contributed by atoms with E-state index in [1.165, 1.54) is 11.1 Å². The van der Waals surface area contributed by atoms with Crippen LogP contribution in [-0.2, 0) is 4.79 Å². The van der Waals surface area contributed by atoms with Crippen LogP contribution in [0.15, 0.2) is 18.5 Å². The first kappa shape index (κ1) is 12.2. The number of amides is 1. The monoisotopic (exact) mass is 257 g/mol.